The summed E-state index contributed by atoms with van der Waals surface area (Å²) in [4.78, 5) is 12.0. The third-order valence-corrected chi connectivity index (χ3v) is 7.00. The third kappa shape index (κ3) is 4.19. The Labute approximate surface area is 195 Å². The molecule has 33 heavy (non-hydrogen) atoms. The molecule has 5 rings (SSSR count). The molecular weight excluding hydrogens is 410 g/mol. The van der Waals surface area contributed by atoms with Gasteiger partial charge in [0.15, 0.2) is 0 Å². The molecule has 3 aromatic carbocycles. The molecule has 4 heteroatoms. The molecule has 0 bridgehead atoms. The minimum absolute atomic E-state index is 0.0361. The molecular formula is C29H29NO3. The lowest BCUT2D eigenvalue weighted by Crippen LogP contribution is -2.40. The lowest BCUT2D eigenvalue weighted by molar-refractivity contribution is -0.129. The smallest absolute Gasteiger partial charge is 0.335 e. The van der Waals surface area contributed by atoms with Crippen LogP contribution in [-0.4, -0.2) is 12.6 Å². The Morgan fingerprint density at radius 3 is 2.67 bits per heavy atom. The van der Waals surface area contributed by atoms with Gasteiger partial charge in [-0.05, 0) is 42.9 Å². The number of para-hydroxylation sites is 2. The molecule has 3 atom stereocenters. The van der Waals surface area contributed by atoms with Crippen molar-refractivity contribution < 1.29 is 14.3 Å². The number of hydrogen-bond acceptors (Lipinski definition) is 4. The number of carbonyl (C=O) groups is 1. The normalized spacial score (nSPS) is 23.5. The van der Waals surface area contributed by atoms with Gasteiger partial charge < -0.3 is 14.8 Å². The van der Waals surface area contributed by atoms with Gasteiger partial charge in [-0.15, -0.1) is 0 Å². The number of fused-ring (bicyclic) bond motifs is 2. The second-order valence-electron chi connectivity index (χ2n) is 8.86. The first-order chi connectivity index (χ1) is 16.2. The van der Waals surface area contributed by atoms with E-state index >= 15 is 0 Å². The molecule has 0 aliphatic carbocycles. The zero-order chi connectivity index (χ0) is 22.7. The van der Waals surface area contributed by atoms with Crippen LogP contribution in [0.15, 0.2) is 91.5 Å². The first-order valence-corrected chi connectivity index (χ1v) is 11.7. The number of carbonyl (C=O) groups excluding carboxylic acids is 1. The summed E-state index contributed by atoms with van der Waals surface area (Å²) in [6.07, 6.45) is 5.12. The number of rotatable bonds is 6. The standard InChI is InChI=1S/C29H29NO3/c1-2-28(31)33-27-15-9-6-12-23(27)26-20-29(24-13-7-8-14-25(24)30-26)22(18-19-32-29)17-16-21-10-4-3-5-11-21/h2-15,22,26,30H,1,16-20H2/t22-,26+,29-/m0/s1. The Hall–Kier alpha value is -3.37. The van der Waals surface area contributed by atoms with Gasteiger partial charge in [-0.25, -0.2) is 4.79 Å². The molecule has 2 aliphatic heterocycles. The van der Waals surface area contributed by atoms with E-state index in [0.717, 1.165) is 43.5 Å². The van der Waals surface area contributed by atoms with Gasteiger partial charge >= 0.3 is 5.97 Å². The van der Waals surface area contributed by atoms with E-state index in [-0.39, 0.29) is 11.6 Å². The molecule has 0 aromatic heterocycles. The number of anilines is 1. The topological polar surface area (TPSA) is 47.6 Å². The van der Waals surface area contributed by atoms with Crippen molar-refractivity contribution in [1.29, 1.82) is 0 Å². The summed E-state index contributed by atoms with van der Waals surface area (Å²) in [7, 11) is 0. The fourth-order valence-corrected chi connectivity index (χ4v) is 5.45. The van der Waals surface area contributed by atoms with E-state index in [0.29, 0.717) is 11.7 Å². The van der Waals surface area contributed by atoms with Gasteiger partial charge in [-0.2, -0.15) is 0 Å². The van der Waals surface area contributed by atoms with Gasteiger partial charge in [0.25, 0.3) is 0 Å². The lowest BCUT2D eigenvalue weighted by Gasteiger charge is -2.44. The van der Waals surface area contributed by atoms with Gasteiger partial charge in [0.1, 0.15) is 11.4 Å². The molecule has 1 N–H and O–H groups in total. The number of benzene rings is 3. The highest BCUT2D eigenvalue weighted by Gasteiger charge is 2.50. The Morgan fingerprint density at radius 1 is 1.06 bits per heavy atom. The first kappa shape index (κ1) is 21.5. The molecule has 4 nitrogen and oxygen atoms in total. The van der Waals surface area contributed by atoms with Crippen molar-refractivity contribution in [3.63, 3.8) is 0 Å². The van der Waals surface area contributed by atoms with Crippen LogP contribution in [0.4, 0.5) is 5.69 Å². The van der Waals surface area contributed by atoms with Crippen LogP contribution in [0.1, 0.15) is 42.0 Å². The van der Waals surface area contributed by atoms with Crippen molar-refractivity contribution in [2.45, 2.75) is 37.3 Å². The van der Waals surface area contributed by atoms with E-state index in [1.807, 2.05) is 24.3 Å². The Balaban J connectivity index is 1.49. The summed E-state index contributed by atoms with van der Waals surface area (Å²) in [5.41, 5.74) is 4.28. The number of aryl methyl sites for hydroxylation is 1. The average Bonchev–Trinajstić information content (AvgIpc) is 3.26. The van der Waals surface area contributed by atoms with Crippen LogP contribution in [0.25, 0.3) is 0 Å². The second-order valence-corrected chi connectivity index (χ2v) is 8.86. The maximum absolute atomic E-state index is 12.0. The highest BCUT2D eigenvalue weighted by atomic mass is 16.5. The van der Waals surface area contributed by atoms with Gasteiger partial charge in [-0.3, -0.25) is 0 Å². The van der Waals surface area contributed by atoms with E-state index in [9.17, 15) is 4.79 Å². The highest BCUT2D eigenvalue weighted by Crippen LogP contribution is 2.54. The first-order valence-electron chi connectivity index (χ1n) is 11.7. The molecule has 0 amide bonds. The van der Waals surface area contributed by atoms with E-state index < -0.39 is 5.97 Å². The zero-order valence-electron chi connectivity index (χ0n) is 18.7. The van der Waals surface area contributed by atoms with Crippen molar-refractivity contribution in [2.75, 3.05) is 11.9 Å². The molecule has 1 saturated heterocycles. The van der Waals surface area contributed by atoms with Gasteiger partial charge in [0.05, 0.1) is 6.04 Å². The molecule has 0 radical (unpaired) electrons. The van der Waals surface area contributed by atoms with Crippen LogP contribution >= 0.6 is 0 Å². The van der Waals surface area contributed by atoms with Crippen LogP contribution < -0.4 is 10.1 Å². The number of ether oxygens (including phenoxy) is 2. The molecule has 0 unspecified atom stereocenters. The van der Waals surface area contributed by atoms with Crippen molar-refractivity contribution in [3.05, 3.63) is 108 Å². The minimum atomic E-state index is -0.453. The summed E-state index contributed by atoms with van der Waals surface area (Å²) in [5.74, 6) is 0.519. The minimum Gasteiger partial charge on any atom is -0.423 e. The van der Waals surface area contributed by atoms with Gasteiger partial charge in [0, 0.05) is 35.9 Å². The fraction of sp³-hybridized carbons (Fsp3) is 0.276. The van der Waals surface area contributed by atoms with Crippen LogP contribution in [-0.2, 0) is 21.6 Å². The predicted octanol–water partition coefficient (Wildman–Crippen LogP) is 6.20. The third-order valence-electron chi connectivity index (χ3n) is 7.00. The second kappa shape index (κ2) is 9.24. The maximum atomic E-state index is 12.0. The van der Waals surface area contributed by atoms with E-state index in [2.05, 4.69) is 66.5 Å². The molecule has 168 valence electrons. The van der Waals surface area contributed by atoms with E-state index in [1.165, 1.54) is 17.2 Å². The monoisotopic (exact) mass is 439 g/mol. The Kier molecular flexibility index (Phi) is 6.01. The summed E-state index contributed by atoms with van der Waals surface area (Å²) in [6.45, 7) is 4.29. The Bertz CT molecular complexity index is 1140. The number of nitrogens with one attached hydrogen (secondary N) is 1. The SMILES string of the molecule is C=CC(=O)Oc1ccccc1[C@H]1C[C@@]2(OCC[C@@H]2CCc2ccccc2)c2ccccc2N1. The van der Waals surface area contributed by atoms with Crippen LogP contribution in [0.3, 0.4) is 0 Å². The number of esters is 1. The summed E-state index contributed by atoms with van der Waals surface area (Å²) in [5, 5.41) is 3.69. The average molecular weight is 440 g/mol. The number of hydrogen-bond donors (Lipinski definition) is 1. The van der Waals surface area contributed by atoms with E-state index in [4.69, 9.17) is 9.47 Å². The zero-order valence-corrected chi connectivity index (χ0v) is 18.7. The quantitative estimate of drug-likeness (QED) is 0.282. The maximum Gasteiger partial charge on any atom is 0.335 e. The molecule has 1 fully saturated rings. The van der Waals surface area contributed by atoms with Crippen molar-refractivity contribution >= 4 is 11.7 Å². The van der Waals surface area contributed by atoms with Crippen LogP contribution in [0.5, 0.6) is 5.75 Å². The van der Waals surface area contributed by atoms with Crippen LogP contribution in [0, 0.1) is 5.92 Å². The van der Waals surface area contributed by atoms with Crippen molar-refractivity contribution in [2.24, 2.45) is 5.92 Å². The summed E-state index contributed by atoms with van der Waals surface area (Å²) < 4.78 is 12.2. The molecule has 2 aliphatic rings. The fourth-order valence-electron chi connectivity index (χ4n) is 5.45. The largest absolute Gasteiger partial charge is 0.423 e. The Morgan fingerprint density at radius 2 is 1.82 bits per heavy atom. The van der Waals surface area contributed by atoms with Crippen molar-refractivity contribution in [3.8, 4) is 5.75 Å². The highest BCUT2D eigenvalue weighted by molar-refractivity contribution is 5.83. The summed E-state index contributed by atoms with van der Waals surface area (Å²) in [6, 6.07) is 26.8. The molecule has 2 heterocycles. The van der Waals surface area contributed by atoms with Crippen LogP contribution in [0.2, 0.25) is 0 Å². The van der Waals surface area contributed by atoms with Gasteiger partial charge in [0.2, 0.25) is 0 Å². The predicted molar refractivity (Wildman–Crippen MR) is 130 cm³/mol. The van der Waals surface area contributed by atoms with Crippen molar-refractivity contribution in [1.82, 2.24) is 0 Å². The molecule has 0 saturated carbocycles. The molecule has 1 spiro atoms. The summed E-state index contributed by atoms with van der Waals surface area (Å²) >= 11 is 0. The van der Waals surface area contributed by atoms with Gasteiger partial charge in [-0.1, -0.05) is 73.3 Å². The molecule has 3 aromatic rings. The lowest BCUT2D eigenvalue weighted by atomic mass is 9.71. The van der Waals surface area contributed by atoms with E-state index in [1.54, 1.807) is 0 Å².